The van der Waals surface area contributed by atoms with Crippen molar-refractivity contribution in [3.8, 4) is 0 Å². The van der Waals surface area contributed by atoms with Gasteiger partial charge in [0, 0.05) is 12.6 Å². The summed E-state index contributed by atoms with van der Waals surface area (Å²) in [4.78, 5) is 0. The van der Waals surface area contributed by atoms with E-state index in [1.54, 1.807) is 0 Å². The highest BCUT2D eigenvalue weighted by atomic mass is 32.2. The van der Waals surface area contributed by atoms with E-state index < -0.39 is 10.0 Å². The fourth-order valence-corrected chi connectivity index (χ4v) is 3.54. The van der Waals surface area contributed by atoms with Crippen LogP contribution in [0.4, 0.5) is 0 Å². The third-order valence-electron chi connectivity index (χ3n) is 3.69. The van der Waals surface area contributed by atoms with E-state index in [1.165, 1.54) is 19.1 Å². The molecular weight excluding hydrogens is 200 g/mol. The number of sulfonamides is 1. The maximum absolute atomic E-state index is 11.0. The molecule has 0 heterocycles. The highest BCUT2D eigenvalue weighted by Gasteiger charge is 2.55. The molecule has 3 fully saturated rings. The lowest BCUT2D eigenvalue weighted by Crippen LogP contribution is -2.40. The molecule has 3 rings (SSSR count). The molecule has 0 aromatic carbocycles. The van der Waals surface area contributed by atoms with Gasteiger partial charge < -0.3 is 5.32 Å². The summed E-state index contributed by atoms with van der Waals surface area (Å²) in [7, 11) is -1.03. The van der Waals surface area contributed by atoms with Crippen molar-refractivity contribution in [3.05, 3.63) is 0 Å². The van der Waals surface area contributed by atoms with Gasteiger partial charge in [0.15, 0.2) is 0 Å². The minimum absolute atomic E-state index is 0.265. The summed E-state index contributed by atoms with van der Waals surface area (Å²) in [6, 6.07) is 0.608. The van der Waals surface area contributed by atoms with Crippen LogP contribution in [-0.4, -0.2) is 34.3 Å². The van der Waals surface area contributed by atoms with E-state index in [-0.39, 0.29) is 5.41 Å². The molecule has 3 aliphatic carbocycles. The first kappa shape index (κ1) is 10.4. The fraction of sp³-hybridized carbons (Fsp3) is 1.00. The molecule has 0 aromatic heterocycles. The van der Waals surface area contributed by atoms with Gasteiger partial charge in [-0.3, -0.25) is 0 Å². The van der Waals surface area contributed by atoms with Gasteiger partial charge in [0.25, 0.3) is 0 Å². The van der Waals surface area contributed by atoms with E-state index >= 15 is 0 Å². The van der Waals surface area contributed by atoms with E-state index in [2.05, 4.69) is 10.0 Å². The van der Waals surface area contributed by atoms with Crippen LogP contribution in [0.15, 0.2) is 0 Å². The third kappa shape index (κ3) is 1.81. The highest BCUT2D eigenvalue weighted by Crippen LogP contribution is 2.58. The van der Waals surface area contributed by atoms with E-state index in [4.69, 9.17) is 0 Å². The zero-order valence-corrected chi connectivity index (χ0v) is 9.52. The van der Waals surface area contributed by atoms with Crippen molar-refractivity contribution in [2.75, 3.05) is 19.8 Å². The van der Waals surface area contributed by atoms with Gasteiger partial charge in [0.1, 0.15) is 0 Å². The summed E-state index contributed by atoms with van der Waals surface area (Å²) < 4.78 is 24.6. The van der Waals surface area contributed by atoms with Crippen molar-refractivity contribution in [1.29, 1.82) is 0 Å². The van der Waals surface area contributed by atoms with E-state index in [9.17, 15) is 8.42 Å². The van der Waals surface area contributed by atoms with Gasteiger partial charge in [0.2, 0.25) is 10.0 Å². The molecule has 1 unspecified atom stereocenters. The van der Waals surface area contributed by atoms with Gasteiger partial charge in [-0.05, 0) is 37.6 Å². The zero-order valence-electron chi connectivity index (χ0n) is 8.71. The van der Waals surface area contributed by atoms with Crippen LogP contribution in [0.2, 0.25) is 0 Å². The smallest absolute Gasteiger partial charge is 0.208 e. The Morgan fingerprint density at radius 3 is 2.43 bits per heavy atom. The van der Waals surface area contributed by atoms with Crippen LogP contribution in [0.3, 0.4) is 0 Å². The molecule has 82 valence electrons. The number of nitrogens with one attached hydrogen (secondary N) is 2. The first-order chi connectivity index (χ1) is 6.44. The lowest BCUT2D eigenvalue weighted by atomic mass is 9.70. The maximum Gasteiger partial charge on any atom is 0.208 e. The van der Waals surface area contributed by atoms with Gasteiger partial charge in [-0.25, -0.2) is 13.1 Å². The predicted molar refractivity (Wildman–Crippen MR) is 55.5 cm³/mol. The van der Waals surface area contributed by atoms with E-state index in [1.807, 2.05) is 7.05 Å². The lowest BCUT2D eigenvalue weighted by molar-refractivity contribution is 0.146. The molecule has 0 saturated heterocycles. The number of hydrogen-bond donors (Lipinski definition) is 2. The summed E-state index contributed by atoms with van der Waals surface area (Å²) in [5, 5.41) is 3.30. The van der Waals surface area contributed by atoms with Gasteiger partial charge in [0.05, 0.1) is 6.26 Å². The monoisotopic (exact) mass is 218 g/mol. The van der Waals surface area contributed by atoms with Crippen molar-refractivity contribution in [1.82, 2.24) is 10.0 Å². The maximum atomic E-state index is 11.0. The SMILES string of the molecule is CNC1CC2(CNS(C)(=O)=O)CC1C2. The van der Waals surface area contributed by atoms with Gasteiger partial charge >= 0.3 is 0 Å². The Labute approximate surface area is 85.5 Å². The zero-order chi connectivity index (χ0) is 10.4. The summed E-state index contributed by atoms with van der Waals surface area (Å²) >= 11 is 0. The summed E-state index contributed by atoms with van der Waals surface area (Å²) in [6.07, 6.45) is 4.71. The van der Waals surface area contributed by atoms with Crippen molar-refractivity contribution in [3.63, 3.8) is 0 Å². The molecule has 5 heteroatoms. The summed E-state index contributed by atoms with van der Waals surface area (Å²) in [6.45, 7) is 0.626. The molecular formula is C9H18N2O2S. The molecule has 2 bridgehead atoms. The molecule has 3 saturated carbocycles. The second-order valence-corrected chi connectivity index (χ2v) is 6.69. The second kappa shape index (κ2) is 3.18. The molecule has 2 N–H and O–H groups in total. The number of hydrogen-bond acceptors (Lipinski definition) is 3. The van der Waals surface area contributed by atoms with Gasteiger partial charge in [-0.2, -0.15) is 0 Å². The van der Waals surface area contributed by atoms with Gasteiger partial charge in [-0.1, -0.05) is 0 Å². The average Bonchev–Trinajstić information content (AvgIpc) is 2.52. The average molecular weight is 218 g/mol. The normalized spacial score (nSPS) is 41.0. The lowest BCUT2D eigenvalue weighted by Gasteiger charge is -2.38. The topological polar surface area (TPSA) is 58.2 Å². The van der Waals surface area contributed by atoms with Crippen molar-refractivity contribution in [2.45, 2.75) is 25.3 Å². The highest BCUT2D eigenvalue weighted by molar-refractivity contribution is 7.88. The molecule has 0 amide bonds. The van der Waals surface area contributed by atoms with Gasteiger partial charge in [-0.15, -0.1) is 0 Å². The van der Waals surface area contributed by atoms with Crippen molar-refractivity contribution >= 4 is 10.0 Å². The molecule has 4 nitrogen and oxygen atoms in total. The summed E-state index contributed by atoms with van der Waals surface area (Å²) in [5.74, 6) is 0.779. The minimum Gasteiger partial charge on any atom is -0.317 e. The van der Waals surface area contributed by atoms with Crippen LogP contribution >= 0.6 is 0 Å². The quantitative estimate of drug-likeness (QED) is 0.694. The Hall–Kier alpha value is -0.130. The van der Waals surface area contributed by atoms with E-state index in [0.717, 1.165) is 12.3 Å². The van der Waals surface area contributed by atoms with Crippen LogP contribution in [0.1, 0.15) is 19.3 Å². The number of fused-ring (bicyclic) bond motifs is 1. The first-order valence-electron chi connectivity index (χ1n) is 5.06. The van der Waals surface area contributed by atoms with Crippen LogP contribution in [0.5, 0.6) is 0 Å². The fourth-order valence-electron chi connectivity index (χ4n) is 2.98. The van der Waals surface area contributed by atoms with Crippen molar-refractivity contribution in [2.24, 2.45) is 11.3 Å². The molecule has 0 spiro atoms. The molecule has 14 heavy (non-hydrogen) atoms. The van der Waals surface area contributed by atoms with Crippen LogP contribution in [-0.2, 0) is 10.0 Å². The van der Waals surface area contributed by atoms with Crippen molar-refractivity contribution < 1.29 is 8.42 Å². The molecule has 3 aliphatic rings. The van der Waals surface area contributed by atoms with Crippen LogP contribution < -0.4 is 10.0 Å². The third-order valence-corrected chi connectivity index (χ3v) is 4.36. The first-order valence-corrected chi connectivity index (χ1v) is 6.95. The standard InChI is InChI=1S/C9H18N2O2S/c1-10-8-5-9(3-7(8)4-9)6-11-14(2,12)13/h7-8,10-11H,3-6H2,1-2H3. The Morgan fingerprint density at radius 2 is 2.00 bits per heavy atom. The summed E-state index contributed by atoms with van der Waals surface area (Å²) in [5.41, 5.74) is 0.265. The van der Waals surface area contributed by atoms with Crippen LogP contribution in [0, 0.1) is 11.3 Å². The Morgan fingerprint density at radius 1 is 1.36 bits per heavy atom. The molecule has 0 aliphatic heterocycles. The number of rotatable bonds is 4. The molecule has 0 radical (unpaired) electrons. The molecule has 1 atom stereocenters. The largest absolute Gasteiger partial charge is 0.317 e. The van der Waals surface area contributed by atoms with E-state index in [0.29, 0.717) is 12.6 Å². The molecule has 0 aromatic rings. The Kier molecular flexibility index (Phi) is 2.36. The predicted octanol–water partition coefficient (Wildman–Crippen LogP) is -0.0763. The minimum atomic E-state index is -3.02. The second-order valence-electron chi connectivity index (χ2n) is 4.86. The Balaban J connectivity index is 1.90. The van der Waals surface area contributed by atoms with Crippen LogP contribution in [0.25, 0.3) is 0 Å². The Bertz CT molecular complexity index is 320.